The molecule has 0 spiro atoms. The van der Waals surface area contributed by atoms with Crippen molar-refractivity contribution in [1.82, 2.24) is 5.32 Å². The van der Waals surface area contributed by atoms with Gasteiger partial charge in [-0.15, -0.1) is 0 Å². The molecule has 0 bridgehead atoms. The van der Waals surface area contributed by atoms with Crippen molar-refractivity contribution in [2.75, 3.05) is 11.1 Å². The fraction of sp³-hybridized carbons (Fsp3) is 0.429. The number of carbonyl (C=O) groups excluding carboxylic acids is 2. The van der Waals surface area contributed by atoms with Crippen molar-refractivity contribution in [2.24, 2.45) is 5.41 Å². The fourth-order valence-corrected chi connectivity index (χ4v) is 1.87. The van der Waals surface area contributed by atoms with Crippen LogP contribution in [0.25, 0.3) is 0 Å². The molecule has 4 N–H and O–H groups in total. The molecule has 5 nitrogen and oxygen atoms in total. The Kier molecular flexibility index (Phi) is 5.48. The second kappa shape index (κ2) is 6.54. The van der Waals surface area contributed by atoms with E-state index in [0.29, 0.717) is 5.69 Å². The largest absolute Gasteiger partial charge is 0.396 e. The summed E-state index contributed by atoms with van der Waals surface area (Å²) in [7, 11) is 0. The zero-order valence-electron chi connectivity index (χ0n) is 12.4. The van der Waals surface area contributed by atoms with Crippen LogP contribution in [0.5, 0.6) is 0 Å². The van der Waals surface area contributed by atoms with E-state index >= 15 is 0 Å². The smallest absolute Gasteiger partial charge is 0.246 e. The Morgan fingerprint density at radius 1 is 1.19 bits per heavy atom. The van der Waals surface area contributed by atoms with Crippen LogP contribution in [0.3, 0.4) is 0 Å². The highest BCUT2D eigenvalue weighted by molar-refractivity contribution is 6.39. The summed E-state index contributed by atoms with van der Waals surface area (Å²) in [6.07, 6.45) is 0. The van der Waals surface area contributed by atoms with Crippen LogP contribution in [0, 0.1) is 5.41 Å². The van der Waals surface area contributed by atoms with Gasteiger partial charge < -0.3 is 16.4 Å². The van der Waals surface area contributed by atoms with Crippen molar-refractivity contribution >= 4 is 46.4 Å². The van der Waals surface area contributed by atoms with E-state index in [1.165, 1.54) is 12.1 Å². The first-order valence-electron chi connectivity index (χ1n) is 6.38. The van der Waals surface area contributed by atoms with E-state index in [9.17, 15) is 9.59 Å². The Morgan fingerprint density at radius 2 is 1.67 bits per heavy atom. The van der Waals surface area contributed by atoms with Gasteiger partial charge in [-0.1, -0.05) is 44.0 Å². The zero-order valence-corrected chi connectivity index (χ0v) is 13.9. The maximum Gasteiger partial charge on any atom is 0.246 e. The second-order valence-electron chi connectivity index (χ2n) is 5.79. The molecule has 0 saturated heterocycles. The molecule has 1 atom stereocenters. The number of nitrogens with one attached hydrogen (secondary N) is 2. The van der Waals surface area contributed by atoms with Crippen LogP contribution < -0.4 is 16.4 Å². The highest BCUT2D eigenvalue weighted by Gasteiger charge is 2.25. The Balaban J connectivity index is 2.75. The molecule has 7 heteroatoms. The highest BCUT2D eigenvalue weighted by Crippen LogP contribution is 2.31. The predicted molar refractivity (Wildman–Crippen MR) is 86.6 cm³/mol. The number of carbonyl (C=O) groups is 2. The number of anilines is 2. The lowest BCUT2D eigenvalue weighted by Gasteiger charge is -2.21. The molecule has 0 aliphatic rings. The van der Waals surface area contributed by atoms with Crippen LogP contribution in [0.2, 0.25) is 10.0 Å². The lowest BCUT2D eigenvalue weighted by atomic mass is 9.95. The van der Waals surface area contributed by atoms with Crippen molar-refractivity contribution in [3.63, 3.8) is 0 Å². The number of hydrogen-bond acceptors (Lipinski definition) is 3. The zero-order chi connectivity index (χ0) is 16.4. The molecule has 0 fully saturated rings. The van der Waals surface area contributed by atoms with E-state index in [1.807, 2.05) is 0 Å². The molecule has 0 aliphatic heterocycles. The van der Waals surface area contributed by atoms with Crippen molar-refractivity contribution in [1.29, 1.82) is 0 Å². The van der Waals surface area contributed by atoms with E-state index in [-0.39, 0.29) is 27.5 Å². The third-order valence-corrected chi connectivity index (χ3v) is 3.39. The van der Waals surface area contributed by atoms with Crippen molar-refractivity contribution < 1.29 is 9.59 Å². The van der Waals surface area contributed by atoms with Crippen LogP contribution in [0.1, 0.15) is 27.7 Å². The molecular weight excluding hydrogens is 313 g/mol. The van der Waals surface area contributed by atoms with E-state index in [0.717, 1.165) is 0 Å². The molecule has 2 amide bonds. The summed E-state index contributed by atoms with van der Waals surface area (Å²) in [6, 6.07) is 2.31. The minimum Gasteiger partial charge on any atom is -0.396 e. The summed E-state index contributed by atoms with van der Waals surface area (Å²) in [4.78, 5) is 23.9. The minimum absolute atomic E-state index is 0.210. The van der Waals surface area contributed by atoms with Gasteiger partial charge in [0, 0.05) is 11.1 Å². The maximum atomic E-state index is 12.0. The maximum absolute atomic E-state index is 12.0. The van der Waals surface area contributed by atoms with Gasteiger partial charge in [0.2, 0.25) is 11.8 Å². The van der Waals surface area contributed by atoms with E-state index in [4.69, 9.17) is 28.9 Å². The second-order valence-corrected chi connectivity index (χ2v) is 6.60. The molecule has 1 unspecified atom stereocenters. The van der Waals surface area contributed by atoms with E-state index in [2.05, 4.69) is 10.6 Å². The summed E-state index contributed by atoms with van der Waals surface area (Å²) < 4.78 is 0. The normalized spacial score (nSPS) is 12.7. The first kappa shape index (κ1) is 17.6. The van der Waals surface area contributed by atoms with E-state index < -0.39 is 11.5 Å². The molecule has 0 aliphatic carbocycles. The number of nitrogen functional groups attached to an aromatic ring is 1. The molecule has 21 heavy (non-hydrogen) atoms. The number of rotatable bonds is 3. The summed E-state index contributed by atoms with van der Waals surface area (Å²) in [5.41, 5.74) is 5.73. The quantitative estimate of drug-likeness (QED) is 0.744. The average Bonchev–Trinajstić information content (AvgIpc) is 2.34. The van der Waals surface area contributed by atoms with Crippen LogP contribution in [0.15, 0.2) is 12.1 Å². The van der Waals surface area contributed by atoms with Crippen LogP contribution >= 0.6 is 23.2 Å². The van der Waals surface area contributed by atoms with Gasteiger partial charge in [-0.25, -0.2) is 0 Å². The number of nitrogens with two attached hydrogens (primary N) is 1. The first-order chi connectivity index (χ1) is 9.52. The molecule has 0 heterocycles. The molecular formula is C14H19Cl2N3O2. The summed E-state index contributed by atoms with van der Waals surface area (Å²) in [5.74, 6) is -0.581. The number of benzene rings is 1. The van der Waals surface area contributed by atoms with Gasteiger partial charge in [0.1, 0.15) is 6.04 Å². The van der Waals surface area contributed by atoms with Gasteiger partial charge in [0.15, 0.2) is 0 Å². The van der Waals surface area contributed by atoms with Crippen molar-refractivity contribution in [2.45, 2.75) is 33.7 Å². The molecule has 0 radical (unpaired) electrons. The van der Waals surface area contributed by atoms with Gasteiger partial charge in [-0.3, -0.25) is 9.59 Å². The van der Waals surface area contributed by atoms with Crippen molar-refractivity contribution in [3.05, 3.63) is 22.2 Å². The Hall–Kier alpha value is -1.46. The summed E-state index contributed by atoms with van der Waals surface area (Å²) in [5, 5.41) is 5.78. The fourth-order valence-electron chi connectivity index (χ4n) is 1.39. The Labute approximate surface area is 134 Å². The van der Waals surface area contributed by atoms with Gasteiger partial charge in [0.25, 0.3) is 0 Å². The Morgan fingerprint density at radius 3 is 2.10 bits per heavy atom. The highest BCUT2D eigenvalue weighted by atomic mass is 35.5. The topological polar surface area (TPSA) is 84.2 Å². The van der Waals surface area contributed by atoms with Crippen molar-refractivity contribution in [3.8, 4) is 0 Å². The molecule has 1 aromatic carbocycles. The molecule has 1 aromatic rings. The monoisotopic (exact) mass is 331 g/mol. The summed E-state index contributed by atoms with van der Waals surface area (Å²) >= 11 is 11.8. The lowest BCUT2D eigenvalue weighted by Crippen LogP contribution is -2.46. The van der Waals surface area contributed by atoms with Gasteiger partial charge in [-0.05, 0) is 19.1 Å². The predicted octanol–water partition coefficient (Wildman–Crippen LogP) is 3.06. The molecule has 1 rings (SSSR count). The molecule has 116 valence electrons. The standard InChI is InChI=1S/C14H19Cl2N3O2/c1-7(18-13(21)14(2,3)4)12(20)19-8-5-9(15)11(17)10(16)6-8/h5-7H,17H2,1-4H3,(H,18,21)(H,19,20). The molecule has 0 aromatic heterocycles. The van der Waals surface area contributed by atoms with Gasteiger partial charge in [-0.2, -0.15) is 0 Å². The number of hydrogen-bond donors (Lipinski definition) is 3. The number of halogens is 2. The number of amides is 2. The molecule has 0 saturated carbocycles. The Bertz CT molecular complexity index is 545. The first-order valence-corrected chi connectivity index (χ1v) is 7.14. The SMILES string of the molecule is CC(NC(=O)C(C)(C)C)C(=O)Nc1cc(Cl)c(N)c(Cl)c1. The minimum atomic E-state index is -0.688. The van der Waals surface area contributed by atoms with Crippen LogP contribution in [-0.4, -0.2) is 17.9 Å². The van der Waals surface area contributed by atoms with E-state index in [1.54, 1.807) is 27.7 Å². The summed E-state index contributed by atoms with van der Waals surface area (Å²) in [6.45, 7) is 6.91. The van der Waals surface area contributed by atoms with Gasteiger partial charge in [0.05, 0.1) is 15.7 Å². The van der Waals surface area contributed by atoms with Gasteiger partial charge >= 0.3 is 0 Å². The van der Waals surface area contributed by atoms with Crippen LogP contribution in [-0.2, 0) is 9.59 Å². The third kappa shape index (κ3) is 4.79. The van der Waals surface area contributed by atoms with Crippen LogP contribution in [0.4, 0.5) is 11.4 Å². The lowest BCUT2D eigenvalue weighted by molar-refractivity contribution is -0.131. The average molecular weight is 332 g/mol. The third-order valence-electron chi connectivity index (χ3n) is 2.77.